The van der Waals surface area contributed by atoms with E-state index < -0.39 is 0 Å². The van der Waals surface area contributed by atoms with Crippen LogP contribution < -0.4 is 0 Å². The Labute approximate surface area is 151 Å². The Morgan fingerprint density at radius 2 is 1.65 bits per heavy atom. The zero-order valence-corrected chi connectivity index (χ0v) is 14.1. The fraction of sp³-hybridized carbons (Fsp3) is 0.0909. The molecule has 1 aliphatic carbocycles. The van der Waals surface area contributed by atoms with Crippen molar-refractivity contribution >= 4 is 0 Å². The first-order valence-electron chi connectivity index (χ1n) is 8.70. The van der Waals surface area contributed by atoms with Gasteiger partial charge in [-0.25, -0.2) is 4.98 Å². The van der Waals surface area contributed by atoms with Crippen molar-refractivity contribution in [3.05, 3.63) is 84.4 Å². The van der Waals surface area contributed by atoms with E-state index in [1.165, 1.54) is 16.7 Å². The van der Waals surface area contributed by atoms with Crippen LogP contribution in [-0.2, 0) is 12.8 Å². The summed E-state index contributed by atoms with van der Waals surface area (Å²) in [5.74, 6) is 0. The first-order valence-corrected chi connectivity index (χ1v) is 8.70. The molecule has 0 saturated heterocycles. The van der Waals surface area contributed by atoms with E-state index in [-0.39, 0.29) is 0 Å². The number of aryl methyl sites for hydroxylation is 1. The summed E-state index contributed by atoms with van der Waals surface area (Å²) >= 11 is 0. The highest BCUT2D eigenvalue weighted by Crippen LogP contribution is 2.38. The van der Waals surface area contributed by atoms with Crippen LogP contribution in [0.5, 0.6) is 0 Å². The third kappa shape index (κ3) is 2.47. The summed E-state index contributed by atoms with van der Waals surface area (Å²) in [4.78, 5) is 18.4. The van der Waals surface area contributed by atoms with Crippen molar-refractivity contribution in [2.75, 3.05) is 0 Å². The number of rotatable bonds is 2. The largest absolute Gasteiger partial charge is 0.264 e. The molecule has 5 rings (SSSR count). The summed E-state index contributed by atoms with van der Waals surface area (Å²) in [6, 6.07) is 16.2. The SMILES string of the molecule is c1ccc(-c2cc(-c3cccnc3)c3c(n2)-c2ncccc2CC3)nc1. The average molecular weight is 336 g/mol. The topological polar surface area (TPSA) is 51.6 Å². The quantitative estimate of drug-likeness (QED) is 0.545. The maximum atomic E-state index is 4.97. The number of hydrogen-bond acceptors (Lipinski definition) is 4. The summed E-state index contributed by atoms with van der Waals surface area (Å²) in [7, 11) is 0. The van der Waals surface area contributed by atoms with Crippen molar-refractivity contribution in [3.63, 3.8) is 0 Å². The van der Waals surface area contributed by atoms with Crippen LogP contribution in [0.25, 0.3) is 33.9 Å². The molecule has 0 aliphatic heterocycles. The molecule has 0 bridgehead atoms. The molecule has 0 aromatic carbocycles. The van der Waals surface area contributed by atoms with Crippen LogP contribution >= 0.6 is 0 Å². The summed E-state index contributed by atoms with van der Waals surface area (Å²) in [5, 5.41) is 0. The minimum absolute atomic E-state index is 0.863. The Morgan fingerprint density at radius 1 is 0.731 bits per heavy atom. The highest BCUT2D eigenvalue weighted by molar-refractivity contribution is 5.81. The summed E-state index contributed by atoms with van der Waals surface area (Å²) < 4.78 is 0. The summed E-state index contributed by atoms with van der Waals surface area (Å²) in [5.41, 5.74) is 8.44. The Balaban J connectivity index is 1.81. The van der Waals surface area contributed by atoms with E-state index in [1.54, 1.807) is 12.4 Å². The van der Waals surface area contributed by atoms with E-state index in [9.17, 15) is 0 Å². The van der Waals surface area contributed by atoms with Crippen molar-refractivity contribution in [3.8, 4) is 33.9 Å². The molecule has 4 nitrogen and oxygen atoms in total. The van der Waals surface area contributed by atoms with Crippen molar-refractivity contribution in [1.29, 1.82) is 0 Å². The lowest BCUT2D eigenvalue weighted by molar-refractivity contribution is 0.914. The third-order valence-corrected chi connectivity index (χ3v) is 4.78. The number of fused-ring (bicyclic) bond motifs is 3. The lowest BCUT2D eigenvalue weighted by Gasteiger charge is -2.22. The van der Waals surface area contributed by atoms with Gasteiger partial charge in [0.05, 0.1) is 22.8 Å². The van der Waals surface area contributed by atoms with Crippen LogP contribution in [0, 0.1) is 0 Å². The lowest BCUT2D eigenvalue weighted by atomic mass is 9.87. The fourth-order valence-corrected chi connectivity index (χ4v) is 3.56. The predicted octanol–water partition coefficient (Wildman–Crippen LogP) is 4.37. The first kappa shape index (κ1) is 14.9. The van der Waals surface area contributed by atoms with E-state index >= 15 is 0 Å². The Bertz CT molecular complexity index is 1060. The monoisotopic (exact) mass is 336 g/mol. The second-order valence-electron chi connectivity index (χ2n) is 6.35. The highest BCUT2D eigenvalue weighted by Gasteiger charge is 2.23. The molecule has 4 aromatic heterocycles. The minimum atomic E-state index is 0.863. The van der Waals surface area contributed by atoms with Crippen LogP contribution in [0.4, 0.5) is 0 Å². The van der Waals surface area contributed by atoms with Gasteiger partial charge in [0.1, 0.15) is 0 Å². The smallest absolute Gasteiger partial charge is 0.0935 e. The van der Waals surface area contributed by atoms with Gasteiger partial charge < -0.3 is 0 Å². The molecule has 0 spiro atoms. The van der Waals surface area contributed by atoms with Crippen molar-refractivity contribution in [2.24, 2.45) is 0 Å². The van der Waals surface area contributed by atoms with Crippen molar-refractivity contribution < 1.29 is 0 Å². The molecule has 0 radical (unpaired) electrons. The number of aromatic nitrogens is 4. The number of pyridine rings is 4. The molecule has 4 heteroatoms. The predicted molar refractivity (Wildman–Crippen MR) is 101 cm³/mol. The Morgan fingerprint density at radius 3 is 2.50 bits per heavy atom. The van der Waals surface area contributed by atoms with E-state index in [2.05, 4.69) is 33.2 Å². The van der Waals surface area contributed by atoms with Gasteiger partial charge in [-0.2, -0.15) is 0 Å². The average Bonchev–Trinajstić information content (AvgIpc) is 2.74. The van der Waals surface area contributed by atoms with Gasteiger partial charge in [0.25, 0.3) is 0 Å². The normalized spacial score (nSPS) is 12.3. The van der Waals surface area contributed by atoms with Crippen LogP contribution in [0.2, 0.25) is 0 Å². The van der Waals surface area contributed by atoms with Gasteiger partial charge in [-0.3, -0.25) is 15.0 Å². The summed E-state index contributed by atoms with van der Waals surface area (Å²) in [6.07, 6.45) is 9.28. The zero-order chi connectivity index (χ0) is 17.3. The van der Waals surface area contributed by atoms with Crippen LogP contribution in [0.15, 0.2) is 73.3 Å². The molecule has 0 fully saturated rings. The van der Waals surface area contributed by atoms with E-state index in [0.717, 1.165) is 41.2 Å². The van der Waals surface area contributed by atoms with E-state index in [0.29, 0.717) is 0 Å². The van der Waals surface area contributed by atoms with E-state index in [1.807, 2.05) is 42.7 Å². The van der Waals surface area contributed by atoms with Gasteiger partial charge in [0.15, 0.2) is 0 Å². The molecule has 0 unspecified atom stereocenters. The van der Waals surface area contributed by atoms with Gasteiger partial charge in [0.2, 0.25) is 0 Å². The molecule has 0 amide bonds. The second kappa shape index (κ2) is 6.15. The maximum Gasteiger partial charge on any atom is 0.0935 e. The number of hydrogen-bond donors (Lipinski definition) is 0. The van der Waals surface area contributed by atoms with Gasteiger partial charge in [0, 0.05) is 30.4 Å². The molecule has 0 atom stereocenters. The molecular formula is C22H16N4. The fourth-order valence-electron chi connectivity index (χ4n) is 3.56. The lowest BCUT2D eigenvalue weighted by Crippen LogP contribution is -2.10. The Hall–Kier alpha value is -3.40. The van der Waals surface area contributed by atoms with Crippen LogP contribution in [0.1, 0.15) is 11.1 Å². The molecule has 0 N–H and O–H groups in total. The second-order valence-corrected chi connectivity index (χ2v) is 6.35. The summed E-state index contributed by atoms with van der Waals surface area (Å²) in [6.45, 7) is 0. The minimum Gasteiger partial charge on any atom is -0.264 e. The van der Waals surface area contributed by atoms with Crippen molar-refractivity contribution in [1.82, 2.24) is 19.9 Å². The van der Waals surface area contributed by atoms with Gasteiger partial charge >= 0.3 is 0 Å². The zero-order valence-electron chi connectivity index (χ0n) is 14.1. The molecule has 4 aromatic rings. The van der Waals surface area contributed by atoms with Crippen LogP contribution in [0.3, 0.4) is 0 Å². The molecule has 4 heterocycles. The molecule has 124 valence electrons. The van der Waals surface area contributed by atoms with Gasteiger partial charge in [-0.1, -0.05) is 18.2 Å². The molecule has 26 heavy (non-hydrogen) atoms. The van der Waals surface area contributed by atoms with E-state index in [4.69, 9.17) is 4.98 Å². The number of nitrogens with zero attached hydrogens (tertiary/aromatic N) is 4. The standard InChI is InChI=1S/C22H16N4/c1-2-11-24-19(7-1)20-13-18(16-6-3-10-23-14-16)17-9-8-15-5-4-12-25-21(15)22(17)26-20/h1-7,10-14H,8-9H2. The van der Waals surface area contributed by atoms with Crippen molar-refractivity contribution in [2.45, 2.75) is 12.8 Å². The maximum absolute atomic E-state index is 4.97. The first-order chi connectivity index (χ1) is 12.9. The van der Waals surface area contributed by atoms with Crippen LogP contribution in [-0.4, -0.2) is 19.9 Å². The third-order valence-electron chi connectivity index (χ3n) is 4.78. The molecule has 0 saturated carbocycles. The van der Waals surface area contributed by atoms with Gasteiger partial charge in [-0.05, 0) is 59.9 Å². The molecular weight excluding hydrogens is 320 g/mol. The Kier molecular flexibility index (Phi) is 3.53. The van der Waals surface area contributed by atoms with Gasteiger partial charge in [-0.15, -0.1) is 0 Å². The highest BCUT2D eigenvalue weighted by atomic mass is 14.8. The molecule has 1 aliphatic rings.